The van der Waals surface area contributed by atoms with Crippen molar-refractivity contribution in [3.8, 4) is 0 Å². The smallest absolute Gasteiger partial charge is 0.320 e. The summed E-state index contributed by atoms with van der Waals surface area (Å²) in [6.45, 7) is 0.322. The van der Waals surface area contributed by atoms with Crippen LogP contribution in [0.15, 0.2) is 47.1 Å². The quantitative estimate of drug-likeness (QED) is 0.910. The van der Waals surface area contributed by atoms with Crippen LogP contribution in [0, 0.1) is 5.82 Å². The van der Waals surface area contributed by atoms with Gasteiger partial charge in [0, 0.05) is 17.2 Å². The molecule has 2 N–H and O–H groups in total. The molecule has 4 nitrogen and oxygen atoms in total. The van der Waals surface area contributed by atoms with Crippen molar-refractivity contribution in [3.05, 3.63) is 58.4 Å². The molecule has 0 atom stereocenters. The second kappa shape index (κ2) is 6.29. The number of anilines is 1. The zero-order chi connectivity index (χ0) is 13.7. The molecule has 0 aliphatic heterocycles. The van der Waals surface area contributed by atoms with E-state index in [-0.39, 0.29) is 11.8 Å². The first-order valence-corrected chi connectivity index (χ1v) is 6.33. The van der Waals surface area contributed by atoms with Crippen molar-refractivity contribution in [2.45, 2.75) is 6.54 Å². The van der Waals surface area contributed by atoms with Crippen molar-refractivity contribution in [1.29, 1.82) is 0 Å². The lowest BCUT2D eigenvalue weighted by Crippen LogP contribution is -2.28. The van der Waals surface area contributed by atoms with Gasteiger partial charge in [-0.3, -0.25) is 5.32 Å². The van der Waals surface area contributed by atoms with Crippen molar-refractivity contribution < 1.29 is 9.18 Å². The molecule has 2 rings (SSSR count). The van der Waals surface area contributed by atoms with Gasteiger partial charge in [0.1, 0.15) is 11.6 Å². The zero-order valence-corrected chi connectivity index (χ0v) is 11.4. The number of urea groups is 1. The number of benzene rings is 1. The molecule has 1 aromatic carbocycles. The molecule has 19 heavy (non-hydrogen) atoms. The summed E-state index contributed by atoms with van der Waals surface area (Å²) in [6, 6.07) is 9.04. The molecule has 2 amide bonds. The standard InChI is InChI=1S/C13H11BrFN3O/c14-10-3-6-12(16-8-10)18-13(19)17-7-9-1-4-11(15)5-2-9/h1-6,8H,7H2,(H2,16,17,18,19). The molecule has 0 fully saturated rings. The maximum absolute atomic E-state index is 12.7. The highest BCUT2D eigenvalue weighted by Crippen LogP contribution is 2.10. The second-order valence-corrected chi connectivity index (χ2v) is 4.71. The average molecular weight is 324 g/mol. The van der Waals surface area contributed by atoms with E-state index in [0.29, 0.717) is 12.4 Å². The third-order valence-corrected chi connectivity index (χ3v) is 2.80. The van der Waals surface area contributed by atoms with Gasteiger partial charge in [0.25, 0.3) is 0 Å². The predicted octanol–water partition coefficient (Wildman–Crippen LogP) is 3.30. The minimum Gasteiger partial charge on any atom is -0.334 e. The number of pyridine rings is 1. The van der Waals surface area contributed by atoms with Gasteiger partial charge in [0.05, 0.1) is 0 Å². The number of nitrogens with zero attached hydrogens (tertiary/aromatic N) is 1. The normalized spacial score (nSPS) is 10.0. The number of halogens is 2. The minimum absolute atomic E-state index is 0.299. The maximum atomic E-state index is 12.7. The Morgan fingerprint density at radius 2 is 1.95 bits per heavy atom. The Labute approximate surface area is 118 Å². The highest BCUT2D eigenvalue weighted by molar-refractivity contribution is 9.10. The summed E-state index contributed by atoms with van der Waals surface area (Å²) in [5, 5.41) is 5.25. The number of amides is 2. The van der Waals surface area contributed by atoms with Crippen LogP contribution >= 0.6 is 15.9 Å². The van der Waals surface area contributed by atoms with Crippen LogP contribution in [0.5, 0.6) is 0 Å². The largest absolute Gasteiger partial charge is 0.334 e. The van der Waals surface area contributed by atoms with Gasteiger partial charge >= 0.3 is 6.03 Å². The molecule has 0 aliphatic carbocycles. The van der Waals surface area contributed by atoms with E-state index in [1.165, 1.54) is 12.1 Å². The van der Waals surface area contributed by atoms with Crippen molar-refractivity contribution in [1.82, 2.24) is 10.3 Å². The van der Waals surface area contributed by atoms with Gasteiger partial charge in [0.15, 0.2) is 0 Å². The molecule has 1 aromatic heterocycles. The zero-order valence-electron chi connectivity index (χ0n) is 9.86. The van der Waals surface area contributed by atoms with Crippen LogP contribution in [0.3, 0.4) is 0 Å². The second-order valence-electron chi connectivity index (χ2n) is 3.80. The first-order valence-electron chi connectivity index (χ1n) is 5.54. The summed E-state index contributed by atoms with van der Waals surface area (Å²) in [4.78, 5) is 15.6. The lowest BCUT2D eigenvalue weighted by Gasteiger charge is -2.07. The summed E-state index contributed by atoms with van der Waals surface area (Å²) in [7, 11) is 0. The fourth-order valence-corrected chi connectivity index (χ4v) is 1.63. The topological polar surface area (TPSA) is 54.0 Å². The third kappa shape index (κ3) is 4.33. The molecule has 2 aromatic rings. The molecule has 1 heterocycles. The van der Waals surface area contributed by atoms with E-state index in [4.69, 9.17) is 0 Å². The Bertz CT molecular complexity index is 557. The maximum Gasteiger partial charge on any atom is 0.320 e. The minimum atomic E-state index is -0.362. The van der Waals surface area contributed by atoms with E-state index in [0.717, 1.165) is 10.0 Å². The average Bonchev–Trinajstić information content (AvgIpc) is 2.41. The molecular formula is C13H11BrFN3O. The summed E-state index contributed by atoms with van der Waals surface area (Å²) in [6.07, 6.45) is 1.59. The monoisotopic (exact) mass is 323 g/mol. The van der Waals surface area contributed by atoms with E-state index < -0.39 is 0 Å². The summed E-state index contributed by atoms with van der Waals surface area (Å²) >= 11 is 3.26. The van der Waals surface area contributed by atoms with Crippen LogP contribution < -0.4 is 10.6 Å². The predicted molar refractivity (Wildman–Crippen MR) is 74.2 cm³/mol. The molecule has 0 unspecified atom stereocenters. The van der Waals surface area contributed by atoms with Gasteiger partial charge in [-0.25, -0.2) is 14.2 Å². The molecule has 0 saturated carbocycles. The van der Waals surface area contributed by atoms with Gasteiger partial charge < -0.3 is 5.32 Å². The van der Waals surface area contributed by atoms with Gasteiger partial charge in [-0.05, 0) is 45.8 Å². The van der Waals surface area contributed by atoms with E-state index in [9.17, 15) is 9.18 Å². The Morgan fingerprint density at radius 1 is 1.21 bits per heavy atom. The number of rotatable bonds is 3. The van der Waals surface area contributed by atoms with E-state index in [1.54, 1.807) is 30.5 Å². The lowest BCUT2D eigenvalue weighted by atomic mass is 10.2. The van der Waals surface area contributed by atoms with Crippen LogP contribution in [0.1, 0.15) is 5.56 Å². The summed E-state index contributed by atoms with van der Waals surface area (Å²) in [5.41, 5.74) is 0.820. The van der Waals surface area contributed by atoms with Crippen molar-refractivity contribution in [2.24, 2.45) is 0 Å². The SMILES string of the molecule is O=C(NCc1ccc(F)cc1)Nc1ccc(Br)cn1. The van der Waals surface area contributed by atoms with Gasteiger partial charge in [-0.15, -0.1) is 0 Å². The fourth-order valence-electron chi connectivity index (χ4n) is 1.39. The van der Waals surface area contributed by atoms with Crippen molar-refractivity contribution >= 4 is 27.8 Å². The lowest BCUT2D eigenvalue weighted by molar-refractivity contribution is 0.251. The number of hydrogen-bond donors (Lipinski definition) is 2. The number of carbonyl (C=O) groups is 1. The Hall–Kier alpha value is -1.95. The highest BCUT2D eigenvalue weighted by atomic mass is 79.9. The molecular weight excluding hydrogens is 313 g/mol. The van der Waals surface area contributed by atoms with Crippen LogP contribution in [-0.2, 0) is 6.54 Å². The third-order valence-electron chi connectivity index (χ3n) is 2.34. The molecule has 0 spiro atoms. The first-order chi connectivity index (χ1) is 9.13. The number of nitrogens with one attached hydrogen (secondary N) is 2. The van der Waals surface area contributed by atoms with Gasteiger partial charge in [-0.1, -0.05) is 12.1 Å². The molecule has 6 heteroatoms. The fraction of sp³-hybridized carbons (Fsp3) is 0.0769. The van der Waals surface area contributed by atoms with Gasteiger partial charge in [0.2, 0.25) is 0 Å². The number of carbonyl (C=O) groups excluding carboxylic acids is 1. The van der Waals surface area contributed by atoms with Crippen LogP contribution in [0.2, 0.25) is 0 Å². The Morgan fingerprint density at radius 3 is 2.58 bits per heavy atom. The summed E-state index contributed by atoms with van der Waals surface area (Å²) < 4.78 is 13.5. The van der Waals surface area contributed by atoms with Crippen LogP contribution in [-0.4, -0.2) is 11.0 Å². The molecule has 0 saturated heterocycles. The summed E-state index contributed by atoms with van der Waals surface area (Å²) in [5.74, 6) is 0.159. The Kier molecular flexibility index (Phi) is 4.46. The molecule has 0 bridgehead atoms. The molecule has 98 valence electrons. The molecule has 0 aliphatic rings. The Balaban J connectivity index is 1.84. The van der Waals surface area contributed by atoms with E-state index in [2.05, 4.69) is 31.5 Å². The molecule has 0 radical (unpaired) electrons. The van der Waals surface area contributed by atoms with Crippen molar-refractivity contribution in [3.63, 3.8) is 0 Å². The highest BCUT2D eigenvalue weighted by Gasteiger charge is 2.02. The van der Waals surface area contributed by atoms with Crippen molar-refractivity contribution in [2.75, 3.05) is 5.32 Å². The van der Waals surface area contributed by atoms with Gasteiger partial charge in [-0.2, -0.15) is 0 Å². The first kappa shape index (κ1) is 13.5. The van der Waals surface area contributed by atoms with E-state index >= 15 is 0 Å². The number of hydrogen-bond acceptors (Lipinski definition) is 2. The van der Waals surface area contributed by atoms with Crippen LogP contribution in [0.25, 0.3) is 0 Å². The van der Waals surface area contributed by atoms with Crippen LogP contribution in [0.4, 0.5) is 15.0 Å². The van der Waals surface area contributed by atoms with E-state index in [1.807, 2.05) is 0 Å². The number of aromatic nitrogens is 1.